The van der Waals surface area contributed by atoms with E-state index in [9.17, 15) is 24.3 Å². The summed E-state index contributed by atoms with van der Waals surface area (Å²) in [5.41, 5.74) is -0.477. The van der Waals surface area contributed by atoms with E-state index in [0.29, 0.717) is 57.2 Å². The summed E-state index contributed by atoms with van der Waals surface area (Å²) in [4.78, 5) is 60.2. The number of esters is 1. The van der Waals surface area contributed by atoms with E-state index < -0.39 is 47.7 Å². The van der Waals surface area contributed by atoms with E-state index in [-0.39, 0.29) is 43.4 Å². The highest BCUT2D eigenvalue weighted by Crippen LogP contribution is 2.59. The highest BCUT2D eigenvalue weighted by atomic mass is 16.6. The number of unbranched alkanes of at least 4 members (excludes halogenated alkanes) is 2. The van der Waals surface area contributed by atoms with Gasteiger partial charge in [0.15, 0.2) is 0 Å². The molecule has 4 aliphatic rings. The molecule has 1 spiro atoms. The molecular formula is C39H55N3O8. The molecule has 11 nitrogen and oxygen atoms in total. The number of hydrogen-bond acceptors (Lipinski definition) is 8. The van der Waals surface area contributed by atoms with Crippen LogP contribution in [0.5, 0.6) is 0 Å². The summed E-state index contributed by atoms with van der Waals surface area (Å²) in [6.07, 6.45) is 10.6. The minimum atomic E-state index is -1.15. The van der Waals surface area contributed by atoms with Gasteiger partial charge in [0, 0.05) is 39.3 Å². The van der Waals surface area contributed by atoms with Gasteiger partial charge in [-0.25, -0.2) is 0 Å². The molecule has 1 aromatic rings. The zero-order valence-corrected chi connectivity index (χ0v) is 29.5. The number of benzene rings is 1. The van der Waals surface area contributed by atoms with Crippen LogP contribution in [0.15, 0.2) is 55.6 Å². The van der Waals surface area contributed by atoms with Gasteiger partial charge in [-0.2, -0.15) is 0 Å². The van der Waals surface area contributed by atoms with Gasteiger partial charge in [0.25, 0.3) is 0 Å². The minimum absolute atomic E-state index is 0.0533. The minimum Gasteiger partial charge on any atom is -0.455 e. The van der Waals surface area contributed by atoms with Crippen molar-refractivity contribution in [2.75, 3.05) is 33.4 Å². The van der Waals surface area contributed by atoms with Gasteiger partial charge in [0.2, 0.25) is 17.7 Å². The molecule has 3 saturated heterocycles. The van der Waals surface area contributed by atoms with Crippen molar-refractivity contribution in [3.05, 3.63) is 61.2 Å². The van der Waals surface area contributed by atoms with E-state index >= 15 is 0 Å². The number of hydrogen-bond donors (Lipinski definition) is 2. The van der Waals surface area contributed by atoms with Crippen molar-refractivity contribution in [3.8, 4) is 0 Å². The Hall–Kier alpha value is -3.54. The van der Waals surface area contributed by atoms with Crippen LogP contribution in [0.25, 0.3) is 0 Å². The molecule has 0 aromatic heterocycles. The third-order valence-corrected chi connectivity index (χ3v) is 11.0. The molecule has 0 unspecified atom stereocenters. The zero-order chi connectivity index (χ0) is 35.7. The molecule has 50 heavy (non-hydrogen) atoms. The molecule has 4 fully saturated rings. The van der Waals surface area contributed by atoms with Crippen molar-refractivity contribution in [1.82, 2.24) is 15.1 Å². The molecule has 3 amide bonds. The van der Waals surface area contributed by atoms with Crippen LogP contribution in [0, 0.1) is 11.8 Å². The Kier molecular flexibility index (Phi) is 13.3. The molecule has 11 heteroatoms. The predicted molar refractivity (Wildman–Crippen MR) is 188 cm³/mol. The third-order valence-electron chi connectivity index (χ3n) is 11.0. The lowest BCUT2D eigenvalue weighted by atomic mass is 9.70. The van der Waals surface area contributed by atoms with Crippen molar-refractivity contribution in [2.24, 2.45) is 11.8 Å². The number of allylic oxidation sites excluding steroid dienone is 1. The molecule has 1 saturated carbocycles. The molecule has 0 radical (unpaired) electrons. The summed E-state index contributed by atoms with van der Waals surface area (Å²) < 4.78 is 18.5. The fourth-order valence-corrected chi connectivity index (χ4v) is 8.74. The van der Waals surface area contributed by atoms with Crippen LogP contribution in [0.3, 0.4) is 0 Å². The Morgan fingerprint density at radius 2 is 1.86 bits per heavy atom. The molecule has 1 aromatic carbocycles. The monoisotopic (exact) mass is 693 g/mol. The number of aliphatic hydroxyl groups is 1. The highest BCUT2D eigenvalue weighted by Gasteiger charge is 2.75. The Balaban J connectivity index is 1.46. The Labute approximate surface area is 296 Å². The maximum absolute atomic E-state index is 14.8. The fourth-order valence-electron chi connectivity index (χ4n) is 8.74. The summed E-state index contributed by atoms with van der Waals surface area (Å²) in [5, 5.41) is 12.4. The molecule has 7 atom stereocenters. The second-order valence-electron chi connectivity index (χ2n) is 14.2. The summed E-state index contributed by atoms with van der Waals surface area (Å²) in [6, 6.07) is 7.68. The topological polar surface area (TPSA) is 135 Å². The summed E-state index contributed by atoms with van der Waals surface area (Å²) in [6.45, 7) is 8.48. The number of fused-ring (bicyclic) bond motifs is 1. The molecular weight excluding hydrogens is 638 g/mol. The van der Waals surface area contributed by atoms with Crippen LogP contribution in [0.4, 0.5) is 0 Å². The number of aliphatic hydroxyl groups excluding tert-OH is 1. The number of amides is 3. The maximum Gasteiger partial charge on any atom is 0.313 e. The first-order chi connectivity index (χ1) is 24.3. The van der Waals surface area contributed by atoms with Gasteiger partial charge in [-0.1, -0.05) is 61.7 Å². The van der Waals surface area contributed by atoms with Gasteiger partial charge < -0.3 is 34.4 Å². The van der Waals surface area contributed by atoms with Crippen molar-refractivity contribution in [3.63, 3.8) is 0 Å². The number of carbonyl (C=O) groups excluding carboxylic acids is 4. The summed E-state index contributed by atoms with van der Waals surface area (Å²) in [7, 11) is 1.52. The van der Waals surface area contributed by atoms with Gasteiger partial charge >= 0.3 is 5.97 Å². The number of ether oxygens (including phenoxy) is 3. The normalized spacial score (nSPS) is 27.0. The van der Waals surface area contributed by atoms with Crippen LogP contribution < -0.4 is 5.32 Å². The first kappa shape index (κ1) is 37.7. The number of nitrogens with one attached hydrogen (secondary N) is 1. The van der Waals surface area contributed by atoms with Crippen molar-refractivity contribution < 1.29 is 38.5 Å². The van der Waals surface area contributed by atoms with Crippen LogP contribution in [-0.2, 0) is 33.4 Å². The lowest BCUT2D eigenvalue weighted by molar-refractivity contribution is -0.163. The molecule has 2 N–H and O–H groups in total. The lowest BCUT2D eigenvalue weighted by Gasteiger charge is -2.40. The average molecular weight is 694 g/mol. The molecule has 3 aliphatic heterocycles. The number of likely N-dealkylation sites (tertiary alicyclic amines) is 1. The van der Waals surface area contributed by atoms with Crippen molar-refractivity contribution in [1.29, 1.82) is 0 Å². The standard InChI is InChI=1S/C39H55N3O8/c1-4-6-20-31(44)40-29(26-48-3)34(27-16-10-7-11-17-27)49-38(47)32-30-21-22-39(50-30)33(32)36(45)42(24-14-9-15-25-43)35(39)37(46)41(23-5-2)28-18-12-8-13-19-28/h4-5,7,10-11,16-17,28-30,32-35,43H,1-2,6,8-9,12-15,18-26H2,3H3,(H,40,44)/t29-,30-,32+,33+,34-,35-,39+/m0/s1. The Bertz CT molecular complexity index is 1350. The van der Waals surface area contributed by atoms with Gasteiger partial charge in [-0.05, 0) is 56.9 Å². The zero-order valence-electron chi connectivity index (χ0n) is 29.5. The number of nitrogens with zero attached hydrogens (tertiary/aromatic N) is 2. The van der Waals surface area contributed by atoms with E-state index in [4.69, 9.17) is 14.2 Å². The van der Waals surface area contributed by atoms with E-state index in [1.807, 2.05) is 35.2 Å². The molecule has 3 heterocycles. The summed E-state index contributed by atoms with van der Waals surface area (Å²) in [5.74, 6) is -3.01. The Morgan fingerprint density at radius 3 is 2.54 bits per heavy atom. The largest absolute Gasteiger partial charge is 0.455 e. The number of carbonyl (C=O) groups is 4. The van der Waals surface area contributed by atoms with Gasteiger partial charge in [0.1, 0.15) is 17.7 Å². The number of rotatable bonds is 19. The van der Waals surface area contributed by atoms with Crippen LogP contribution in [0.1, 0.15) is 88.7 Å². The smallest absolute Gasteiger partial charge is 0.313 e. The molecule has 5 rings (SSSR count). The van der Waals surface area contributed by atoms with Crippen molar-refractivity contribution in [2.45, 2.75) is 113 Å². The first-order valence-corrected chi connectivity index (χ1v) is 18.5. The summed E-state index contributed by atoms with van der Waals surface area (Å²) >= 11 is 0. The van der Waals surface area contributed by atoms with E-state index in [0.717, 1.165) is 32.1 Å². The van der Waals surface area contributed by atoms with E-state index in [1.54, 1.807) is 17.1 Å². The third kappa shape index (κ3) is 7.85. The van der Waals surface area contributed by atoms with Gasteiger partial charge in [-0.15, -0.1) is 13.2 Å². The van der Waals surface area contributed by atoms with Crippen LogP contribution in [-0.4, -0.2) is 102 Å². The van der Waals surface area contributed by atoms with Gasteiger partial charge in [0.05, 0.1) is 30.6 Å². The number of methoxy groups -OCH3 is 1. The predicted octanol–water partition coefficient (Wildman–Crippen LogP) is 4.25. The van der Waals surface area contributed by atoms with Crippen LogP contribution in [0.2, 0.25) is 0 Å². The molecule has 274 valence electrons. The van der Waals surface area contributed by atoms with E-state index in [2.05, 4.69) is 18.5 Å². The average Bonchev–Trinajstić information content (AvgIpc) is 3.78. The van der Waals surface area contributed by atoms with Gasteiger partial charge in [-0.3, -0.25) is 19.2 Å². The maximum atomic E-state index is 14.8. The van der Waals surface area contributed by atoms with Crippen molar-refractivity contribution >= 4 is 23.7 Å². The lowest BCUT2D eigenvalue weighted by Crippen LogP contribution is -2.58. The first-order valence-electron chi connectivity index (χ1n) is 18.5. The van der Waals surface area contributed by atoms with Crippen LogP contribution >= 0.6 is 0 Å². The quantitative estimate of drug-likeness (QED) is 0.125. The molecule has 2 bridgehead atoms. The SMILES string of the molecule is C=CCCC(=O)N[C@@H](COC)[C@@H](OC(=O)[C@@H]1[C@@H]2CC[C@]3(O2)[C@H](C(=O)N(CC=C)C2CCCCC2)N(CCCCCO)C(=O)[C@@H]13)c1ccccc1. The second kappa shape index (κ2) is 17.6. The molecule has 1 aliphatic carbocycles. The van der Waals surface area contributed by atoms with E-state index in [1.165, 1.54) is 7.11 Å². The fraction of sp³-hybridized carbons (Fsp3) is 0.641. The second-order valence-corrected chi connectivity index (χ2v) is 14.2. The highest BCUT2D eigenvalue weighted by molar-refractivity contribution is 5.98. The Morgan fingerprint density at radius 1 is 1.10 bits per heavy atom.